The topological polar surface area (TPSA) is 60.2 Å². The number of nitro benzene ring substituents is 1. The van der Waals surface area contributed by atoms with Crippen molar-refractivity contribution < 1.29 is 18.5 Å². The molecule has 2 rings (SSSR count). The van der Waals surface area contributed by atoms with Crippen LogP contribution < -0.4 is 0 Å². The first-order chi connectivity index (χ1) is 9.41. The Kier molecular flexibility index (Phi) is 3.76. The Labute approximate surface area is 116 Å². The van der Waals surface area contributed by atoms with Crippen LogP contribution in [0, 0.1) is 21.7 Å². The van der Waals surface area contributed by atoms with Gasteiger partial charge in [0.2, 0.25) is 5.78 Å². The Morgan fingerprint density at radius 1 is 1.15 bits per heavy atom. The van der Waals surface area contributed by atoms with E-state index in [1.165, 1.54) is 6.07 Å². The molecule has 0 N–H and O–H groups in total. The highest BCUT2D eigenvalue weighted by Gasteiger charge is 2.26. The van der Waals surface area contributed by atoms with Crippen LogP contribution in [-0.2, 0) is 0 Å². The van der Waals surface area contributed by atoms with Crippen LogP contribution in [-0.4, -0.2) is 10.7 Å². The van der Waals surface area contributed by atoms with Gasteiger partial charge in [0.1, 0.15) is 17.2 Å². The zero-order valence-electron chi connectivity index (χ0n) is 9.77. The molecule has 102 valence electrons. The first kappa shape index (κ1) is 14.1. The van der Waals surface area contributed by atoms with Gasteiger partial charge in [0, 0.05) is 11.1 Å². The third-order valence-electron chi connectivity index (χ3n) is 2.59. The zero-order valence-corrected chi connectivity index (χ0v) is 10.5. The van der Waals surface area contributed by atoms with E-state index in [2.05, 4.69) is 0 Å². The standard InChI is InChI=1S/C13H6ClF2NO3/c14-7-4-5-11(17(19)20)8(6-7)13(18)12-9(15)2-1-3-10(12)16/h1-6H. The summed E-state index contributed by atoms with van der Waals surface area (Å²) in [7, 11) is 0. The zero-order chi connectivity index (χ0) is 14.9. The number of rotatable bonds is 3. The lowest BCUT2D eigenvalue weighted by Gasteiger charge is -2.05. The quantitative estimate of drug-likeness (QED) is 0.492. The van der Waals surface area contributed by atoms with Gasteiger partial charge in [-0.25, -0.2) is 8.78 Å². The molecule has 0 saturated heterocycles. The number of nitro groups is 1. The minimum Gasteiger partial charge on any atom is -0.288 e. The Morgan fingerprint density at radius 2 is 1.75 bits per heavy atom. The molecule has 2 aromatic rings. The Hall–Kier alpha value is -2.34. The number of carbonyl (C=O) groups excluding carboxylic acids is 1. The van der Waals surface area contributed by atoms with Crippen molar-refractivity contribution in [3.05, 3.63) is 74.3 Å². The van der Waals surface area contributed by atoms with Crippen LogP contribution in [0.2, 0.25) is 5.02 Å². The smallest absolute Gasteiger partial charge is 0.280 e. The molecule has 0 radical (unpaired) electrons. The van der Waals surface area contributed by atoms with Gasteiger partial charge in [-0.1, -0.05) is 17.7 Å². The molecule has 0 atom stereocenters. The molecular weight excluding hydrogens is 292 g/mol. The molecule has 0 amide bonds. The van der Waals surface area contributed by atoms with Crippen LogP contribution in [0.4, 0.5) is 14.5 Å². The maximum Gasteiger partial charge on any atom is 0.280 e. The molecule has 0 heterocycles. The Morgan fingerprint density at radius 3 is 2.30 bits per heavy atom. The molecule has 0 unspecified atom stereocenters. The predicted molar refractivity (Wildman–Crippen MR) is 67.9 cm³/mol. The number of nitrogens with zero attached hydrogens (tertiary/aromatic N) is 1. The highest BCUT2D eigenvalue weighted by molar-refractivity contribution is 6.31. The van der Waals surface area contributed by atoms with Gasteiger partial charge in [0.15, 0.2) is 0 Å². The van der Waals surface area contributed by atoms with Crippen molar-refractivity contribution in [2.24, 2.45) is 0 Å². The average Bonchev–Trinajstić information content (AvgIpc) is 2.37. The van der Waals surface area contributed by atoms with Gasteiger partial charge < -0.3 is 0 Å². The fourth-order valence-corrected chi connectivity index (χ4v) is 1.87. The molecule has 0 bridgehead atoms. The maximum absolute atomic E-state index is 13.6. The number of hydrogen-bond acceptors (Lipinski definition) is 3. The molecule has 7 heteroatoms. The van der Waals surface area contributed by atoms with Crippen molar-refractivity contribution in [2.75, 3.05) is 0 Å². The molecule has 20 heavy (non-hydrogen) atoms. The number of halogens is 3. The minimum atomic E-state index is -1.13. The average molecular weight is 298 g/mol. The molecular formula is C13H6ClF2NO3. The predicted octanol–water partition coefficient (Wildman–Crippen LogP) is 3.76. The molecule has 0 saturated carbocycles. The van der Waals surface area contributed by atoms with Gasteiger partial charge >= 0.3 is 0 Å². The molecule has 0 aliphatic rings. The summed E-state index contributed by atoms with van der Waals surface area (Å²) in [5, 5.41) is 10.9. The molecule has 0 aliphatic carbocycles. The summed E-state index contributed by atoms with van der Waals surface area (Å²) in [5.41, 5.74) is -1.88. The minimum absolute atomic E-state index is 0.0516. The lowest BCUT2D eigenvalue weighted by molar-refractivity contribution is -0.385. The van der Waals surface area contributed by atoms with Gasteiger partial charge in [-0.15, -0.1) is 0 Å². The monoisotopic (exact) mass is 297 g/mol. The van der Waals surface area contributed by atoms with Crippen LogP contribution in [0.25, 0.3) is 0 Å². The van der Waals surface area contributed by atoms with Crippen LogP contribution in [0.5, 0.6) is 0 Å². The largest absolute Gasteiger partial charge is 0.288 e. The van der Waals surface area contributed by atoms with E-state index in [1.54, 1.807) is 0 Å². The van der Waals surface area contributed by atoms with Gasteiger partial charge in [-0.05, 0) is 24.3 Å². The van der Waals surface area contributed by atoms with E-state index in [4.69, 9.17) is 11.6 Å². The van der Waals surface area contributed by atoms with Crippen molar-refractivity contribution in [1.29, 1.82) is 0 Å². The summed E-state index contributed by atoms with van der Waals surface area (Å²) < 4.78 is 27.1. The number of carbonyl (C=O) groups is 1. The third-order valence-corrected chi connectivity index (χ3v) is 2.82. The van der Waals surface area contributed by atoms with Crippen LogP contribution >= 0.6 is 11.6 Å². The first-order valence-electron chi connectivity index (χ1n) is 5.34. The van der Waals surface area contributed by atoms with Crippen LogP contribution in [0.3, 0.4) is 0 Å². The van der Waals surface area contributed by atoms with Gasteiger partial charge in [-0.3, -0.25) is 14.9 Å². The molecule has 0 spiro atoms. The summed E-state index contributed by atoms with van der Waals surface area (Å²) in [5.74, 6) is -3.32. The van der Waals surface area contributed by atoms with Gasteiger partial charge in [0.25, 0.3) is 5.69 Å². The third kappa shape index (κ3) is 2.50. The van der Waals surface area contributed by atoms with Crippen molar-refractivity contribution in [2.45, 2.75) is 0 Å². The number of ketones is 1. The summed E-state index contributed by atoms with van der Waals surface area (Å²) in [6, 6.07) is 6.11. The van der Waals surface area contributed by atoms with E-state index < -0.39 is 39.2 Å². The van der Waals surface area contributed by atoms with E-state index in [0.717, 1.165) is 30.3 Å². The normalized spacial score (nSPS) is 10.3. The van der Waals surface area contributed by atoms with Crippen molar-refractivity contribution >= 4 is 23.1 Å². The SMILES string of the molecule is O=C(c1cc(Cl)ccc1[N+](=O)[O-])c1c(F)cccc1F. The van der Waals surface area contributed by atoms with Gasteiger partial charge in [-0.2, -0.15) is 0 Å². The van der Waals surface area contributed by atoms with E-state index in [0.29, 0.717) is 0 Å². The fraction of sp³-hybridized carbons (Fsp3) is 0. The van der Waals surface area contributed by atoms with Gasteiger partial charge in [0.05, 0.1) is 10.5 Å². The van der Waals surface area contributed by atoms with Crippen molar-refractivity contribution in [1.82, 2.24) is 0 Å². The van der Waals surface area contributed by atoms with Crippen molar-refractivity contribution in [3.63, 3.8) is 0 Å². The van der Waals surface area contributed by atoms with Crippen LogP contribution in [0.15, 0.2) is 36.4 Å². The second-order valence-electron chi connectivity index (χ2n) is 3.84. The number of benzene rings is 2. The lowest BCUT2D eigenvalue weighted by atomic mass is 10.0. The summed E-state index contributed by atoms with van der Waals surface area (Å²) >= 11 is 5.67. The first-order valence-corrected chi connectivity index (χ1v) is 5.72. The second-order valence-corrected chi connectivity index (χ2v) is 4.28. The Bertz CT molecular complexity index is 699. The molecule has 4 nitrogen and oxygen atoms in total. The lowest BCUT2D eigenvalue weighted by Crippen LogP contribution is -2.10. The molecule has 2 aromatic carbocycles. The summed E-state index contributed by atoms with van der Waals surface area (Å²) in [6.45, 7) is 0. The molecule has 0 aromatic heterocycles. The maximum atomic E-state index is 13.6. The highest BCUT2D eigenvalue weighted by Crippen LogP contribution is 2.27. The van der Waals surface area contributed by atoms with E-state index in [9.17, 15) is 23.7 Å². The van der Waals surface area contributed by atoms with E-state index in [-0.39, 0.29) is 5.02 Å². The van der Waals surface area contributed by atoms with Crippen molar-refractivity contribution in [3.8, 4) is 0 Å². The second kappa shape index (κ2) is 5.34. The molecule has 0 aliphatic heterocycles. The highest BCUT2D eigenvalue weighted by atomic mass is 35.5. The fourth-order valence-electron chi connectivity index (χ4n) is 1.70. The van der Waals surface area contributed by atoms with E-state index >= 15 is 0 Å². The number of hydrogen-bond donors (Lipinski definition) is 0. The Balaban J connectivity index is 2.65. The summed E-state index contributed by atoms with van der Waals surface area (Å²) in [4.78, 5) is 22.2. The van der Waals surface area contributed by atoms with Crippen LogP contribution in [0.1, 0.15) is 15.9 Å². The van der Waals surface area contributed by atoms with E-state index in [1.807, 2.05) is 0 Å². The molecule has 0 fully saturated rings. The summed E-state index contributed by atoms with van der Waals surface area (Å²) in [6.07, 6.45) is 0.